The van der Waals surface area contributed by atoms with Crippen molar-refractivity contribution in [2.24, 2.45) is 0 Å². The highest BCUT2D eigenvalue weighted by atomic mass is 32.2. The Morgan fingerprint density at radius 2 is 2.26 bits per heavy atom. The van der Waals surface area contributed by atoms with E-state index in [1.54, 1.807) is 7.11 Å². The summed E-state index contributed by atoms with van der Waals surface area (Å²) in [5, 5.41) is 0. The molecule has 0 saturated carbocycles. The molecule has 1 amide bonds. The number of rotatable bonds is 2. The molecular formula is C14H19NO3S. The molecule has 0 aliphatic carbocycles. The molecule has 4 nitrogen and oxygen atoms in total. The Labute approximate surface area is 117 Å². The molecule has 104 valence electrons. The molecule has 1 unspecified atom stereocenters. The van der Waals surface area contributed by atoms with Crippen LogP contribution in [-0.2, 0) is 4.74 Å². The summed E-state index contributed by atoms with van der Waals surface area (Å²) in [7, 11) is 1.77. The van der Waals surface area contributed by atoms with Crippen LogP contribution in [0.2, 0.25) is 0 Å². The smallest absolute Gasteiger partial charge is 0.257 e. The second kappa shape index (κ2) is 4.56. The number of ether oxygens (including phenoxy) is 1. The van der Waals surface area contributed by atoms with Crippen molar-refractivity contribution in [1.82, 2.24) is 4.90 Å². The first kappa shape index (κ1) is 13.1. The molecule has 2 aliphatic rings. The number of thioether (sulfide) groups is 1. The lowest BCUT2D eigenvalue weighted by Gasteiger charge is -2.47. The van der Waals surface area contributed by atoms with Gasteiger partial charge in [0.15, 0.2) is 0 Å². The van der Waals surface area contributed by atoms with Gasteiger partial charge in [0, 0.05) is 26.0 Å². The Balaban J connectivity index is 1.65. The third-order valence-corrected chi connectivity index (χ3v) is 5.60. The Kier molecular flexibility index (Phi) is 3.14. The third kappa shape index (κ3) is 2.19. The van der Waals surface area contributed by atoms with Crippen molar-refractivity contribution in [3.63, 3.8) is 0 Å². The highest BCUT2D eigenvalue weighted by molar-refractivity contribution is 8.01. The van der Waals surface area contributed by atoms with Crippen molar-refractivity contribution in [1.29, 1.82) is 0 Å². The molecule has 5 heteroatoms. The molecule has 0 bridgehead atoms. The number of hydrogen-bond acceptors (Lipinski definition) is 4. The van der Waals surface area contributed by atoms with Crippen molar-refractivity contribution in [3.05, 3.63) is 23.2 Å². The molecular weight excluding hydrogens is 262 g/mol. The van der Waals surface area contributed by atoms with Gasteiger partial charge in [-0.1, -0.05) is 0 Å². The lowest BCUT2D eigenvalue weighted by molar-refractivity contribution is 0.0450. The zero-order chi connectivity index (χ0) is 13.6. The van der Waals surface area contributed by atoms with E-state index in [4.69, 9.17) is 9.15 Å². The number of likely N-dealkylation sites (tertiary alicyclic amines) is 1. The molecule has 1 aromatic heterocycles. The molecule has 19 heavy (non-hydrogen) atoms. The fourth-order valence-electron chi connectivity index (χ4n) is 2.98. The quantitative estimate of drug-likeness (QED) is 0.834. The van der Waals surface area contributed by atoms with Crippen LogP contribution in [0.3, 0.4) is 0 Å². The molecule has 3 rings (SSSR count). The van der Waals surface area contributed by atoms with Gasteiger partial charge >= 0.3 is 0 Å². The summed E-state index contributed by atoms with van der Waals surface area (Å²) >= 11 is 1.95. The number of amides is 1. The molecule has 1 aromatic rings. The maximum Gasteiger partial charge on any atom is 0.257 e. The van der Waals surface area contributed by atoms with E-state index in [0.29, 0.717) is 11.7 Å². The third-order valence-electron chi connectivity index (χ3n) is 4.03. The van der Waals surface area contributed by atoms with Crippen LogP contribution in [0.1, 0.15) is 28.3 Å². The van der Waals surface area contributed by atoms with Gasteiger partial charge in [0.1, 0.15) is 11.5 Å². The van der Waals surface area contributed by atoms with Crippen LogP contribution >= 0.6 is 11.8 Å². The first-order valence-corrected chi connectivity index (χ1v) is 7.55. The van der Waals surface area contributed by atoms with Crippen LogP contribution in [-0.4, -0.2) is 47.6 Å². The van der Waals surface area contributed by atoms with Crippen LogP contribution < -0.4 is 0 Å². The number of carbonyl (C=O) groups is 1. The van der Waals surface area contributed by atoms with E-state index >= 15 is 0 Å². The largest absolute Gasteiger partial charge is 0.466 e. The zero-order valence-corrected chi connectivity index (χ0v) is 12.4. The van der Waals surface area contributed by atoms with Gasteiger partial charge in [-0.2, -0.15) is 0 Å². The van der Waals surface area contributed by atoms with E-state index in [2.05, 4.69) is 0 Å². The Bertz CT molecular complexity index is 505. The Hall–Kier alpha value is -0.940. The second-order valence-corrected chi connectivity index (χ2v) is 7.03. The van der Waals surface area contributed by atoms with E-state index in [1.165, 1.54) is 0 Å². The normalized spacial score (nSPS) is 24.8. The van der Waals surface area contributed by atoms with Gasteiger partial charge in [0.05, 0.1) is 16.4 Å². The van der Waals surface area contributed by atoms with Crippen LogP contribution in [0.15, 0.2) is 10.5 Å². The minimum absolute atomic E-state index is 0.0986. The van der Waals surface area contributed by atoms with E-state index < -0.39 is 0 Å². The number of hydrogen-bond donors (Lipinski definition) is 0. The highest BCUT2D eigenvalue weighted by Gasteiger charge is 2.51. The van der Waals surface area contributed by atoms with Gasteiger partial charge in [0.25, 0.3) is 5.91 Å². The molecule has 1 spiro atoms. The number of furan rings is 1. The first-order chi connectivity index (χ1) is 9.03. The Morgan fingerprint density at radius 3 is 2.79 bits per heavy atom. The average Bonchev–Trinajstić information content (AvgIpc) is 2.90. The Morgan fingerprint density at radius 1 is 1.53 bits per heavy atom. The summed E-state index contributed by atoms with van der Waals surface area (Å²) in [6.07, 6.45) is 1.40. The number of methoxy groups -OCH3 is 1. The molecule has 3 heterocycles. The lowest BCUT2D eigenvalue weighted by atomic mass is 9.92. The van der Waals surface area contributed by atoms with Crippen molar-refractivity contribution in [2.75, 3.05) is 26.0 Å². The fraction of sp³-hybridized carbons (Fsp3) is 0.643. The van der Waals surface area contributed by atoms with Crippen molar-refractivity contribution < 1.29 is 13.9 Å². The SMILES string of the molecule is COC1CSC2(C1)CN(C(=O)c1cc(C)oc1C)C2. The maximum atomic E-state index is 12.4. The van der Waals surface area contributed by atoms with E-state index in [1.807, 2.05) is 36.6 Å². The van der Waals surface area contributed by atoms with Gasteiger partial charge in [-0.3, -0.25) is 4.79 Å². The van der Waals surface area contributed by atoms with Crippen LogP contribution in [0.4, 0.5) is 0 Å². The summed E-state index contributed by atoms with van der Waals surface area (Å²) in [6, 6.07) is 1.84. The highest BCUT2D eigenvalue weighted by Crippen LogP contribution is 2.46. The van der Waals surface area contributed by atoms with Crippen LogP contribution in [0.5, 0.6) is 0 Å². The van der Waals surface area contributed by atoms with Gasteiger partial charge < -0.3 is 14.1 Å². The first-order valence-electron chi connectivity index (χ1n) is 6.56. The van der Waals surface area contributed by atoms with E-state index in [-0.39, 0.29) is 10.7 Å². The summed E-state index contributed by atoms with van der Waals surface area (Å²) in [5.74, 6) is 2.66. The molecule has 2 fully saturated rings. The predicted octanol–water partition coefficient (Wildman–Crippen LogP) is 2.24. The van der Waals surface area contributed by atoms with E-state index in [0.717, 1.165) is 36.8 Å². The molecule has 0 N–H and O–H groups in total. The van der Waals surface area contributed by atoms with Crippen molar-refractivity contribution >= 4 is 17.7 Å². The van der Waals surface area contributed by atoms with Gasteiger partial charge in [-0.05, 0) is 26.3 Å². The maximum absolute atomic E-state index is 12.4. The number of aryl methyl sites for hydroxylation is 2. The summed E-state index contributed by atoms with van der Waals surface area (Å²) in [4.78, 5) is 14.3. The summed E-state index contributed by atoms with van der Waals surface area (Å²) in [6.45, 7) is 5.39. The molecule has 0 aromatic carbocycles. The van der Waals surface area contributed by atoms with Gasteiger partial charge in [-0.25, -0.2) is 0 Å². The predicted molar refractivity (Wildman–Crippen MR) is 74.7 cm³/mol. The second-order valence-electron chi connectivity index (χ2n) is 5.54. The molecule has 1 atom stereocenters. The van der Waals surface area contributed by atoms with Crippen LogP contribution in [0.25, 0.3) is 0 Å². The molecule has 2 aliphatic heterocycles. The zero-order valence-electron chi connectivity index (χ0n) is 11.6. The monoisotopic (exact) mass is 281 g/mol. The topological polar surface area (TPSA) is 42.7 Å². The van der Waals surface area contributed by atoms with E-state index in [9.17, 15) is 4.79 Å². The van der Waals surface area contributed by atoms with Gasteiger partial charge in [-0.15, -0.1) is 11.8 Å². The fourth-order valence-corrected chi connectivity index (χ4v) is 4.57. The average molecular weight is 281 g/mol. The number of nitrogens with zero attached hydrogens (tertiary/aromatic N) is 1. The van der Waals surface area contributed by atoms with Gasteiger partial charge in [0.2, 0.25) is 0 Å². The summed E-state index contributed by atoms with van der Waals surface area (Å²) in [5.41, 5.74) is 0.707. The minimum Gasteiger partial charge on any atom is -0.466 e. The lowest BCUT2D eigenvalue weighted by Crippen LogP contribution is -2.60. The van der Waals surface area contributed by atoms with Crippen molar-refractivity contribution in [3.8, 4) is 0 Å². The summed E-state index contributed by atoms with van der Waals surface area (Å²) < 4.78 is 11.1. The molecule has 2 saturated heterocycles. The van der Waals surface area contributed by atoms with Crippen LogP contribution in [0, 0.1) is 13.8 Å². The molecule has 0 radical (unpaired) electrons. The number of carbonyl (C=O) groups excluding carboxylic acids is 1. The standard InChI is InChI=1S/C14H19NO3S/c1-9-4-12(10(2)18-9)13(16)15-7-14(8-15)5-11(17-3)6-19-14/h4,11H,5-8H2,1-3H3. The minimum atomic E-state index is 0.0986. The van der Waals surface area contributed by atoms with Crippen molar-refractivity contribution in [2.45, 2.75) is 31.1 Å².